The van der Waals surface area contributed by atoms with Gasteiger partial charge in [0.15, 0.2) is 0 Å². The molecule has 0 saturated carbocycles. The molecule has 1 fully saturated rings. The van der Waals surface area contributed by atoms with Crippen LogP contribution in [0.15, 0.2) is 18.2 Å². The summed E-state index contributed by atoms with van der Waals surface area (Å²) in [6.07, 6.45) is 1.26. The van der Waals surface area contributed by atoms with Crippen molar-refractivity contribution in [1.29, 1.82) is 0 Å². The summed E-state index contributed by atoms with van der Waals surface area (Å²) in [5, 5.41) is 4.75. The Morgan fingerprint density at radius 2 is 2.25 bits per heavy atom. The maximum absolute atomic E-state index is 6.32. The van der Waals surface area contributed by atoms with Crippen molar-refractivity contribution in [3.8, 4) is 0 Å². The van der Waals surface area contributed by atoms with E-state index >= 15 is 0 Å². The van der Waals surface area contributed by atoms with Crippen molar-refractivity contribution in [3.63, 3.8) is 0 Å². The molecule has 0 radical (unpaired) electrons. The second-order valence-corrected chi connectivity index (χ2v) is 5.99. The summed E-state index contributed by atoms with van der Waals surface area (Å²) in [6.45, 7) is 6.00. The number of rotatable bonds is 5. The third-order valence-corrected chi connectivity index (χ3v) is 4.27. The van der Waals surface area contributed by atoms with E-state index in [1.54, 1.807) is 0 Å². The molecule has 1 saturated heterocycles. The van der Waals surface area contributed by atoms with Gasteiger partial charge < -0.3 is 10.1 Å². The predicted octanol–water partition coefficient (Wildman–Crippen LogP) is 3.36. The second kappa shape index (κ2) is 7.62. The van der Waals surface area contributed by atoms with Crippen molar-refractivity contribution >= 4 is 23.2 Å². The summed E-state index contributed by atoms with van der Waals surface area (Å²) >= 11 is 12.4. The zero-order valence-electron chi connectivity index (χ0n) is 12.0. The Labute approximate surface area is 131 Å². The van der Waals surface area contributed by atoms with Gasteiger partial charge in [0, 0.05) is 23.1 Å². The highest BCUT2D eigenvalue weighted by molar-refractivity contribution is 6.33. The lowest BCUT2D eigenvalue weighted by Gasteiger charge is -2.37. The molecular formula is C15H22Cl2N2O. The van der Waals surface area contributed by atoms with Crippen molar-refractivity contribution in [3.05, 3.63) is 33.8 Å². The Kier molecular flexibility index (Phi) is 6.12. The molecule has 0 spiro atoms. The van der Waals surface area contributed by atoms with Crippen LogP contribution in [0.25, 0.3) is 0 Å². The molecule has 2 unspecified atom stereocenters. The third-order valence-electron chi connectivity index (χ3n) is 3.69. The van der Waals surface area contributed by atoms with E-state index in [-0.39, 0.29) is 12.1 Å². The SMILES string of the molecule is CCCN1CCOC(C(NC)c2cc(Cl)ccc2Cl)C1. The average molecular weight is 317 g/mol. The van der Waals surface area contributed by atoms with E-state index in [1.807, 2.05) is 25.2 Å². The zero-order chi connectivity index (χ0) is 14.5. The van der Waals surface area contributed by atoms with Gasteiger partial charge in [-0.3, -0.25) is 4.90 Å². The summed E-state index contributed by atoms with van der Waals surface area (Å²) in [5.41, 5.74) is 1.00. The number of hydrogen-bond acceptors (Lipinski definition) is 3. The fourth-order valence-electron chi connectivity index (χ4n) is 2.75. The van der Waals surface area contributed by atoms with Crippen LogP contribution in [0, 0.1) is 0 Å². The molecule has 5 heteroatoms. The van der Waals surface area contributed by atoms with Gasteiger partial charge in [0.25, 0.3) is 0 Å². The van der Waals surface area contributed by atoms with Crippen LogP contribution in [0.3, 0.4) is 0 Å². The van der Waals surface area contributed by atoms with Gasteiger partial charge >= 0.3 is 0 Å². The van der Waals surface area contributed by atoms with Crippen molar-refractivity contribution in [2.45, 2.75) is 25.5 Å². The van der Waals surface area contributed by atoms with Gasteiger partial charge in [-0.1, -0.05) is 30.1 Å². The van der Waals surface area contributed by atoms with E-state index in [2.05, 4.69) is 17.1 Å². The Morgan fingerprint density at radius 1 is 1.45 bits per heavy atom. The fraction of sp³-hybridized carbons (Fsp3) is 0.600. The lowest BCUT2D eigenvalue weighted by Crippen LogP contribution is -2.47. The van der Waals surface area contributed by atoms with E-state index in [4.69, 9.17) is 27.9 Å². The van der Waals surface area contributed by atoms with Gasteiger partial charge in [-0.15, -0.1) is 0 Å². The van der Waals surface area contributed by atoms with Crippen LogP contribution < -0.4 is 5.32 Å². The maximum atomic E-state index is 6.32. The quantitative estimate of drug-likeness (QED) is 0.901. The highest BCUT2D eigenvalue weighted by Gasteiger charge is 2.29. The fourth-order valence-corrected chi connectivity index (χ4v) is 3.16. The first-order chi connectivity index (χ1) is 9.65. The van der Waals surface area contributed by atoms with Crippen LogP contribution in [0.2, 0.25) is 10.0 Å². The van der Waals surface area contributed by atoms with Gasteiger partial charge in [0.2, 0.25) is 0 Å². The molecule has 3 nitrogen and oxygen atoms in total. The summed E-state index contributed by atoms with van der Waals surface area (Å²) < 4.78 is 5.95. The summed E-state index contributed by atoms with van der Waals surface area (Å²) in [6, 6.07) is 5.63. The molecule has 112 valence electrons. The number of ether oxygens (including phenoxy) is 1. The molecule has 1 heterocycles. The van der Waals surface area contributed by atoms with Crippen molar-refractivity contribution in [2.75, 3.05) is 33.3 Å². The first kappa shape index (κ1) is 16.1. The van der Waals surface area contributed by atoms with Gasteiger partial charge in [-0.2, -0.15) is 0 Å². The summed E-state index contributed by atoms with van der Waals surface area (Å²) in [5.74, 6) is 0. The molecular weight excluding hydrogens is 295 g/mol. The second-order valence-electron chi connectivity index (χ2n) is 5.14. The molecule has 20 heavy (non-hydrogen) atoms. The van der Waals surface area contributed by atoms with Crippen LogP contribution in [0.5, 0.6) is 0 Å². The lowest BCUT2D eigenvalue weighted by atomic mass is 10.00. The van der Waals surface area contributed by atoms with Gasteiger partial charge in [0.1, 0.15) is 0 Å². The molecule has 1 aliphatic heterocycles. The van der Waals surface area contributed by atoms with Gasteiger partial charge in [-0.05, 0) is 43.8 Å². The molecule has 0 aromatic heterocycles. The lowest BCUT2D eigenvalue weighted by molar-refractivity contribution is -0.0458. The smallest absolute Gasteiger partial charge is 0.0897 e. The Balaban J connectivity index is 2.16. The number of benzene rings is 1. The molecule has 2 atom stereocenters. The van der Waals surface area contributed by atoms with E-state index in [0.29, 0.717) is 5.02 Å². The molecule has 2 rings (SSSR count). The normalized spacial score (nSPS) is 21.9. The van der Waals surface area contributed by atoms with Crippen molar-refractivity contribution in [2.24, 2.45) is 0 Å². The number of halogens is 2. The molecule has 1 aliphatic rings. The van der Waals surface area contributed by atoms with Gasteiger partial charge in [-0.25, -0.2) is 0 Å². The number of morpholine rings is 1. The van der Waals surface area contributed by atoms with Crippen LogP contribution in [0.4, 0.5) is 0 Å². The number of likely N-dealkylation sites (N-methyl/N-ethyl adjacent to an activating group) is 1. The molecule has 1 aromatic carbocycles. The largest absolute Gasteiger partial charge is 0.374 e. The molecule has 0 bridgehead atoms. The van der Waals surface area contributed by atoms with Crippen LogP contribution in [-0.2, 0) is 4.74 Å². The highest BCUT2D eigenvalue weighted by atomic mass is 35.5. The first-order valence-electron chi connectivity index (χ1n) is 7.12. The standard InChI is InChI=1S/C15H22Cl2N2O/c1-3-6-19-7-8-20-14(10-19)15(18-2)12-9-11(16)4-5-13(12)17/h4-5,9,14-15,18H,3,6-8,10H2,1-2H3. The minimum Gasteiger partial charge on any atom is -0.374 e. The average Bonchev–Trinajstić information content (AvgIpc) is 2.44. The summed E-state index contributed by atoms with van der Waals surface area (Å²) in [7, 11) is 1.93. The minimum atomic E-state index is 0.0563. The van der Waals surface area contributed by atoms with E-state index in [0.717, 1.165) is 43.2 Å². The Hall–Kier alpha value is -0.320. The van der Waals surface area contributed by atoms with Crippen LogP contribution in [0.1, 0.15) is 24.9 Å². The zero-order valence-corrected chi connectivity index (χ0v) is 13.5. The predicted molar refractivity (Wildman–Crippen MR) is 84.7 cm³/mol. The summed E-state index contributed by atoms with van der Waals surface area (Å²) in [4.78, 5) is 2.44. The first-order valence-corrected chi connectivity index (χ1v) is 7.87. The number of nitrogens with zero attached hydrogens (tertiary/aromatic N) is 1. The number of nitrogens with one attached hydrogen (secondary N) is 1. The van der Waals surface area contributed by atoms with Gasteiger partial charge in [0.05, 0.1) is 18.8 Å². The topological polar surface area (TPSA) is 24.5 Å². The molecule has 0 amide bonds. The molecule has 1 aromatic rings. The van der Waals surface area contributed by atoms with Crippen LogP contribution >= 0.6 is 23.2 Å². The van der Waals surface area contributed by atoms with E-state index in [9.17, 15) is 0 Å². The minimum absolute atomic E-state index is 0.0563. The van der Waals surface area contributed by atoms with E-state index < -0.39 is 0 Å². The van der Waals surface area contributed by atoms with Crippen molar-refractivity contribution < 1.29 is 4.74 Å². The van der Waals surface area contributed by atoms with Crippen LogP contribution in [-0.4, -0.2) is 44.3 Å². The molecule has 0 aliphatic carbocycles. The van der Waals surface area contributed by atoms with E-state index in [1.165, 1.54) is 0 Å². The third kappa shape index (κ3) is 3.86. The highest BCUT2D eigenvalue weighted by Crippen LogP contribution is 2.30. The Morgan fingerprint density at radius 3 is 2.95 bits per heavy atom. The van der Waals surface area contributed by atoms with Crippen molar-refractivity contribution in [1.82, 2.24) is 10.2 Å². The molecule has 1 N–H and O–H groups in total. The monoisotopic (exact) mass is 316 g/mol. The Bertz CT molecular complexity index is 440. The maximum Gasteiger partial charge on any atom is 0.0897 e. The number of hydrogen-bond donors (Lipinski definition) is 1.